The third-order valence-electron chi connectivity index (χ3n) is 3.66. The van der Waals surface area contributed by atoms with Crippen molar-refractivity contribution in [3.8, 4) is 17.0 Å². The molecule has 3 aromatic rings. The van der Waals surface area contributed by atoms with Gasteiger partial charge >= 0.3 is 0 Å². The van der Waals surface area contributed by atoms with E-state index in [4.69, 9.17) is 16.1 Å². The van der Waals surface area contributed by atoms with Crippen molar-refractivity contribution in [3.63, 3.8) is 0 Å². The average molecular weight is 374 g/mol. The van der Waals surface area contributed by atoms with E-state index in [1.54, 1.807) is 31.2 Å². The van der Waals surface area contributed by atoms with Crippen molar-refractivity contribution in [1.82, 2.24) is 5.16 Å². The number of carbonyl (C=O) groups excluding carboxylic acids is 1. The molecule has 0 unspecified atom stereocenters. The molecule has 0 aliphatic carbocycles. The molecule has 0 fully saturated rings. The Morgan fingerprint density at radius 3 is 2.73 bits per heavy atom. The van der Waals surface area contributed by atoms with E-state index in [1.165, 1.54) is 0 Å². The molecule has 0 saturated carbocycles. The minimum absolute atomic E-state index is 0.102. The molecule has 0 radical (unpaired) electrons. The van der Waals surface area contributed by atoms with Crippen molar-refractivity contribution in [1.29, 1.82) is 0 Å². The van der Waals surface area contributed by atoms with Crippen LogP contribution >= 0.6 is 11.6 Å². The zero-order valence-corrected chi connectivity index (χ0v) is 14.1. The van der Waals surface area contributed by atoms with Crippen LogP contribution in [0.1, 0.15) is 16.1 Å². The number of carbonyl (C=O) groups is 1. The Kier molecular flexibility index (Phi) is 4.59. The van der Waals surface area contributed by atoms with E-state index in [-0.39, 0.29) is 34.1 Å². The second kappa shape index (κ2) is 6.85. The molecule has 9 heteroatoms. The first-order valence-electron chi connectivity index (χ1n) is 7.38. The Labute approximate surface area is 152 Å². The topological polar surface area (TPSA) is 119 Å². The highest BCUT2D eigenvalue weighted by atomic mass is 35.5. The first-order valence-corrected chi connectivity index (χ1v) is 7.76. The van der Waals surface area contributed by atoms with Crippen LogP contribution in [0.5, 0.6) is 5.75 Å². The Bertz CT molecular complexity index is 1020. The van der Waals surface area contributed by atoms with Crippen molar-refractivity contribution < 1.29 is 19.3 Å². The van der Waals surface area contributed by atoms with Crippen LogP contribution < -0.4 is 5.32 Å². The van der Waals surface area contributed by atoms with Crippen LogP contribution in [0.15, 0.2) is 47.0 Å². The van der Waals surface area contributed by atoms with Gasteiger partial charge in [0.2, 0.25) is 0 Å². The van der Waals surface area contributed by atoms with Gasteiger partial charge in [0.25, 0.3) is 11.6 Å². The fourth-order valence-corrected chi connectivity index (χ4v) is 2.62. The molecular formula is C17H12ClN3O5. The third kappa shape index (κ3) is 3.22. The zero-order chi connectivity index (χ0) is 18.8. The predicted octanol–water partition coefficient (Wildman–Crippen LogP) is 4.17. The first kappa shape index (κ1) is 17.4. The molecule has 0 spiro atoms. The van der Waals surface area contributed by atoms with Crippen LogP contribution in [-0.2, 0) is 0 Å². The number of amides is 1. The molecule has 8 nitrogen and oxygen atoms in total. The number of nitro benzene ring substituents is 1. The van der Waals surface area contributed by atoms with Gasteiger partial charge in [0.05, 0.1) is 15.6 Å². The third-order valence-corrected chi connectivity index (χ3v) is 3.99. The highest BCUT2D eigenvalue weighted by Crippen LogP contribution is 2.33. The molecule has 2 N–H and O–H groups in total. The Morgan fingerprint density at radius 1 is 1.31 bits per heavy atom. The van der Waals surface area contributed by atoms with E-state index < -0.39 is 10.8 Å². The number of hydrogen-bond donors (Lipinski definition) is 2. The lowest BCUT2D eigenvalue weighted by atomic mass is 10.1. The number of non-ortho nitro benzene ring substituents is 1. The molecular weight excluding hydrogens is 362 g/mol. The second-order valence-electron chi connectivity index (χ2n) is 5.35. The van der Waals surface area contributed by atoms with Crippen LogP contribution in [-0.4, -0.2) is 21.1 Å². The highest BCUT2D eigenvalue weighted by Gasteiger charge is 2.24. The van der Waals surface area contributed by atoms with E-state index in [2.05, 4.69) is 10.5 Å². The van der Waals surface area contributed by atoms with Gasteiger partial charge in [-0.2, -0.15) is 0 Å². The summed E-state index contributed by atoms with van der Waals surface area (Å²) in [6.07, 6.45) is 0. The number of anilines is 1. The molecule has 132 valence electrons. The SMILES string of the molecule is Cc1onc(-c2ccccc2Cl)c1C(=O)Nc1cc([N+](=O)[O-])ccc1O. The molecule has 0 saturated heterocycles. The van der Waals surface area contributed by atoms with Crippen LogP contribution in [0.3, 0.4) is 0 Å². The number of nitrogens with zero attached hydrogens (tertiary/aromatic N) is 2. The summed E-state index contributed by atoms with van der Waals surface area (Å²) in [5.74, 6) is -0.714. The van der Waals surface area contributed by atoms with E-state index in [0.29, 0.717) is 10.6 Å². The molecule has 26 heavy (non-hydrogen) atoms. The lowest BCUT2D eigenvalue weighted by Crippen LogP contribution is -2.14. The largest absolute Gasteiger partial charge is 0.506 e. The molecule has 3 rings (SSSR count). The van der Waals surface area contributed by atoms with Crippen molar-refractivity contribution in [2.24, 2.45) is 0 Å². The minimum Gasteiger partial charge on any atom is -0.506 e. The van der Waals surface area contributed by atoms with Crippen LogP contribution in [0.2, 0.25) is 5.02 Å². The summed E-state index contributed by atoms with van der Waals surface area (Å²) in [7, 11) is 0. The number of rotatable bonds is 4. The molecule has 0 atom stereocenters. The number of hydrogen-bond acceptors (Lipinski definition) is 6. The van der Waals surface area contributed by atoms with E-state index in [0.717, 1.165) is 18.2 Å². The number of phenols is 1. The summed E-state index contributed by atoms with van der Waals surface area (Å²) in [5.41, 5.74) is 0.473. The van der Waals surface area contributed by atoms with Crippen molar-refractivity contribution in [2.45, 2.75) is 6.92 Å². The smallest absolute Gasteiger partial charge is 0.271 e. The van der Waals surface area contributed by atoms with Gasteiger partial charge in [0.1, 0.15) is 22.8 Å². The molecule has 0 aliphatic rings. The summed E-state index contributed by atoms with van der Waals surface area (Å²) >= 11 is 6.16. The number of aromatic nitrogens is 1. The van der Waals surface area contributed by atoms with Gasteiger partial charge in [0.15, 0.2) is 0 Å². The van der Waals surface area contributed by atoms with Gasteiger partial charge in [-0.15, -0.1) is 0 Å². The molecule has 0 aliphatic heterocycles. The average Bonchev–Trinajstić information content (AvgIpc) is 2.98. The van der Waals surface area contributed by atoms with Gasteiger partial charge in [-0.05, 0) is 19.1 Å². The summed E-state index contributed by atoms with van der Waals surface area (Å²) in [6, 6.07) is 10.1. The summed E-state index contributed by atoms with van der Waals surface area (Å²) in [5, 5.41) is 27.5. The fraction of sp³-hybridized carbons (Fsp3) is 0.0588. The maximum absolute atomic E-state index is 12.7. The number of nitro groups is 1. The Morgan fingerprint density at radius 2 is 2.04 bits per heavy atom. The number of phenolic OH excluding ortho intramolecular Hbond substituents is 1. The van der Waals surface area contributed by atoms with Crippen molar-refractivity contribution in [3.05, 3.63) is 68.9 Å². The van der Waals surface area contributed by atoms with Crippen molar-refractivity contribution in [2.75, 3.05) is 5.32 Å². The Balaban J connectivity index is 2.00. The number of nitrogens with one attached hydrogen (secondary N) is 1. The number of halogens is 1. The minimum atomic E-state index is -0.644. The normalized spacial score (nSPS) is 10.5. The number of benzene rings is 2. The summed E-state index contributed by atoms with van der Waals surface area (Å²) in [4.78, 5) is 23.0. The van der Waals surface area contributed by atoms with Crippen LogP contribution in [0.4, 0.5) is 11.4 Å². The lowest BCUT2D eigenvalue weighted by Gasteiger charge is -2.08. The van der Waals surface area contributed by atoms with Gasteiger partial charge in [-0.25, -0.2) is 0 Å². The van der Waals surface area contributed by atoms with Gasteiger partial charge < -0.3 is 14.9 Å². The lowest BCUT2D eigenvalue weighted by molar-refractivity contribution is -0.384. The second-order valence-corrected chi connectivity index (χ2v) is 5.76. The summed E-state index contributed by atoms with van der Waals surface area (Å²) < 4.78 is 5.12. The maximum atomic E-state index is 12.7. The van der Waals surface area contributed by atoms with Gasteiger partial charge in [-0.1, -0.05) is 35.0 Å². The number of aromatic hydroxyl groups is 1. The molecule has 0 bridgehead atoms. The van der Waals surface area contributed by atoms with E-state index in [1.807, 2.05) is 0 Å². The predicted molar refractivity (Wildman–Crippen MR) is 94.4 cm³/mol. The fourth-order valence-electron chi connectivity index (χ4n) is 2.40. The quantitative estimate of drug-likeness (QED) is 0.402. The van der Waals surface area contributed by atoms with E-state index in [9.17, 15) is 20.0 Å². The first-order chi connectivity index (χ1) is 12.4. The van der Waals surface area contributed by atoms with Crippen LogP contribution in [0, 0.1) is 17.0 Å². The standard InChI is InChI=1S/C17H12ClN3O5/c1-9-15(16(20-26-9)11-4-2-3-5-12(11)18)17(23)19-13-8-10(21(24)25)6-7-14(13)22/h2-8,22H,1H3,(H,19,23). The van der Waals surface area contributed by atoms with E-state index >= 15 is 0 Å². The maximum Gasteiger partial charge on any atom is 0.271 e. The molecule has 2 aromatic carbocycles. The molecule has 1 amide bonds. The Hall–Kier alpha value is -3.39. The van der Waals surface area contributed by atoms with Gasteiger partial charge in [-0.3, -0.25) is 14.9 Å². The summed E-state index contributed by atoms with van der Waals surface area (Å²) in [6.45, 7) is 1.55. The highest BCUT2D eigenvalue weighted by molar-refractivity contribution is 6.33. The molecule has 1 aromatic heterocycles. The monoisotopic (exact) mass is 373 g/mol. The van der Waals surface area contributed by atoms with Gasteiger partial charge in [0, 0.05) is 17.7 Å². The molecule has 1 heterocycles. The van der Waals surface area contributed by atoms with Crippen molar-refractivity contribution >= 4 is 28.9 Å². The zero-order valence-electron chi connectivity index (χ0n) is 13.4. The number of aryl methyl sites for hydroxylation is 1. The van der Waals surface area contributed by atoms with Crippen LogP contribution in [0.25, 0.3) is 11.3 Å².